The first-order valence-electron chi connectivity index (χ1n) is 19.2. The van der Waals surface area contributed by atoms with Gasteiger partial charge in [0.25, 0.3) is 0 Å². The average Bonchev–Trinajstić information content (AvgIpc) is 3.85. The Hall–Kier alpha value is -7.03. The standard InChI is InChI=1S/C53H32N2/c1-2-16-34-33(15-1)28-29-38-40-31-39-37-19-5-8-22-43(37)53(48(39)32-49(40)55(51(34)38)50-27-13-14-30-54-50)46-25-11-9-23-44(46)52(45-24-10-12-26-47(45)53)41-20-6-3-17-35(41)36-18-4-7-21-42(36)52/h1-32H. The smallest absolute Gasteiger partial charge is 0.137 e. The lowest BCUT2D eigenvalue weighted by atomic mass is 9.52. The highest BCUT2D eigenvalue weighted by atomic mass is 15.1. The van der Waals surface area contributed by atoms with E-state index < -0.39 is 10.8 Å². The van der Waals surface area contributed by atoms with Crippen LogP contribution >= 0.6 is 0 Å². The third-order valence-corrected chi connectivity index (χ3v) is 13.1. The van der Waals surface area contributed by atoms with E-state index in [1.165, 1.54) is 99.3 Å². The van der Waals surface area contributed by atoms with E-state index in [2.05, 4.69) is 187 Å². The Balaban J connectivity index is 1.23. The molecule has 3 aliphatic rings. The van der Waals surface area contributed by atoms with Gasteiger partial charge >= 0.3 is 0 Å². The quantitative estimate of drug-likeness (QED) is 0.167. The molecule has 0 radical (unpaired) electrons. The van der Waals surface area contributed by atoms with Crippen molar-refractivity contribution in [2.75, 3.05) is 0 Å². The second-order valence-corrected chi connectivity index (χ2v) is 15.3. The molecule has 2 aromatic heterocycles. The van der Waals surface area contributed by atoms with Crippen LogP contribution in [0.4, 0.5) is 0 Å². The van der Waals surface area contributed by atoms with Crippen LogP contribution < -0.4 is 0 Å². The monoisotopic (exact) mass is 696 g/mol. The third kappa shape index (κ3) is 3.37. The summed E-state index contributed by atoms with van der Waals surface area (Å²) in [6.45, 7) is 0. The van der Waals surface area contributed by atoms with Gasteiger partial charge in [0.2, 0.25) is 0 Å². The van der Waals surface area contributed by atoms with Crippen LogP contribution in [0.5, 0.6) is 0 Å². The number of nitrogens with zero attached hydrogens (tertiary/aromatic N) is 2. The largest absolute Gasteiger partial charge is 0.293 e. The fourth-order valence-electron chi connectivity index (χ4n) is 11.2. The van der Waals surface area contributed by atoms with Gasteiger partial charge < -0.3 is 0 Å². The molecule has 3 aliphatic carbocycles. The summed E-state index contributed by atoms with van der Waals surface area (Å²) in [6.07, 6.45) is 1.91. The zero-order valence-corrected chi connectivity index (χ0v) is 29.9. The van der Waals surface area contributed by atoms with E-state index in [1.54, 1.807) is 0 Å². The molecular formula is C53H32N2. The van der Waals surface area contributed by atoms with Gasteiger partial charge in [0.1, 0.15) is 5.82 Å². The van der Waals surface area contributed by atoms with E-state index >= 15 is 0 Å². The van der Waals surface area contributed by atoms with E-state index in [1.807, 2.05) is 12.3 Å². The van der Waals surface area contributed by atoms with Crippen molar-refractivity contribution in [1.29, 1.82) is 0 Å². The molecule has 8 aromatic carbocycles. The highest BCUT2D eigenvalue weighted by Crippen LogP contribution is 2.67. The number of hydrogen-bond donors (Lipinski definition) is 0. The molecule has 0 saturated heterocycles. The van der Waals surface area contributed by atoms with E-state index in [-0.39, 0.29) is 0 Å². The number of fused-ring (bicyclic) bond motifs is 21. The first-order valence-corrected chi connectivity index (χ1v) is 19.2. The molecule has 0 fully saturated rings. The first-order chi connectivity index (χ1) is 27.3. The van der Waals surface area contributed by atoms with Crippen molar-refractivity contribution >= 4 is 32.6 Å². The predicted molar refractivity (Wildman–Crippen MR) is 224 cm³/mol. The molecule has 55 heavy (non-hydrogen) atoms. The minimum atomic E-state index is -0.557. The summed E-state index contributed by atoms with van der Waals surface area (Å²) in [5, 5.41) is 4.93. The minimum absolute atomic E-state index is 0.463. The summed E-state index contributed by atoms with van der Waals surface area (Å²) in [7, 11) is 0. The average molecular weight is 697 g/mol. The molecule has 0 aliphatic heterocycles. The maximum Gasteiger partial charge on any atom is 0.137 e. The summed E-state index contributed by atoms with van der Waals surface area (Å²) in [4.78, 5) is 4.99. The van der Waals surface area contributed by atoms with Crippen molar-refractivity contribution in [3.63, 3.8) is 0 Å². The van der Waals surface area contributed by atoms with Gasteiger partial charge in [0.05, 0.1) is 21.9 Å². The van der Waals surface area contributed by atoms with Crippen molar-refractivity contribution in [2.45, 2.75) is 10.8 Å². The van der Waals surface area contributed by atoms with Crippen molar-refractivity contribution in [2.24, 2.45) is 0 Å². The highest BCUT2D eigenvalue weighted by Gasteiger charge is 2.58. The fourth-order valence-corrected chi connectivity index (χ4v) is 11.2. The molecule has 2 nitrogen and oxygen atoms in total. The molecular weight excluding hydrogens is 665 g/mol. The summed E-state index contributed by atoms with van der Waals surface area (Å²) in [6, 6.07) is 70.7. The highest BCUT2D eigenvalue weighted by molar-refractivity contribution is 6.19. The van der Waals surface area contributed by atoms with Gasteiger partial charge in [0.15, 0.2) is 0 Å². The SMILES string of the molecule is c1ccc(-n2c3cc4c(cc3c3ccc5ccccc5c32)-c2ccccc2C42c3ccccc3C3(c4ccccc4-c4ccccc43)c3ccccc32)nc1. The minimum Gasteiger partial charge on any atom is -0.293 e. The van der Waals surface area contributed by atoms with Crippen LogP contribution in [0, 0.1) is 0 Å². The molecule has 0 amide bonds. The zero-order chi connectivity index (χ0) is 35.9. The van der Waals surface area contributed by atoms with Crippen LogP contribution in [0.2, 0.25) is 0 Å². The van der Waals surface area contributed by atoms with Crippen LogP contribution in [0.1, 0.15) is 44.5 Å². The Morgan fingerprint density at radius 1 is 0.345 bits per heavy atom. The van der Waals surface area contributed by atoms with E-state index in [4.69, 9.17) is 4.98 Å². The first kappa shape index (κ1) is 29.4. The van der Waals surface area contributed by atoms with E-state index in [9.17, 15) is 0 Å². The molecule has 0 unspecified atom stereocenters. The van der Waals surface area contributed by atoms with Crippen LogP contribution in [0.15, 0.2) is 194 Å². The molecule has 0 bridgehead atoms. The Bertz CT molecular complexity index is 3180. The number of rotatable bonds is 1. The fraction of sp³-hybridized carbons (Fsp3) is 0.0377. The lowest BCUT2D eigenvalue weighted by Crippen LogP contribution is -2.43. The second kappa shape index (κ2) is 10.3. The summed E-state index contributed by atoms with van der Waals surface area (Å²) < 4.78 is 2.41. The molecule has 2 heteroatoms. The molecule has 10 aromatic rings. The second-order valence-electron chi connectivity index (χ2n) is 15.3. The van der Waals surface area contributed by atoms with Crippen molar-refractivity contribution < 1.29 is 0 Å². The van der Waals surface area contributed by atoms with Crippen LogP contribution in [0.25, 0.3) is 60.6 Å². The maximum atomic E-state index is 4.99. The van der Waals surface area contributed by atoms with Crippen LogP contribution in [0.3, 0.4) is 0 Å². The van der Waals surface area contributed by atoms with Crippen LogP contribution in [-0.4, -0.2) is 9.55 Å². The topological polar surface area (TPSA) is 17.8 Å². The van der Waals surface area contributed by atoms with Crippen molar-refractivity contribution in [3.05, 3.63) is 239 Å². The molecule has 0 N–H and O–H groups in total. The van der Waals surface area contributed by atoms with Gasteiger partial charge in [-0.3, -0.25) is 4.57 Å². The molecule has 2 spiro atoms. The lowest BCUT2D eigenvalue weighted by Gasteiger charge is -2.48. The van der Waals surface area contributed by atoms with Gasteiger partial charge in [-0.1, -0.05) is 164 Å². The molecule has 254 valence electrons. The van der Waals surface area contributed by atoms with Crippen molar-refractivity contribution in [3.8, 4) is 28.1 Å². The molecule has 0 saturated carbocycles. The van der Waals surface area contributed by atoms with Crippen molar-refractivity contribution in [1.82, 2.24) is 9.55 Å². The van der Waals surface area contributed by atoms with Crippen LogP contribution in [-0.2, 0) is 10.8 Å². The van der Waals surface area contributed by atoms with Gasteiger partial charge in [-0.2, -0.15) is 0 Å². The number of pyridine rings is 1. The summed E-state index contributed by atoms with van der Waals surface area (Å²) in [5.41, 5.74) is 17.3. The normalized spacial score (nSPS) is 14.8. The third-order valence-electron chi connectivity index (χ3n) is 13.1. The van der Waals surface area contributed by atoms with Gasteiger partial charge in [-0.25, -0.2) is 4.98 Å². The molecule has 13 rings (SSSR count). The van der Waals surface area contributed by atoms with Gasteiger partial charge in [-0.05, 0) is 96.4 Å². The number of benzene rings is 8. The van der Waals surface area contributed by atoms with Gasteiger partial charge in [-0.15, -0.1) is 0 Å². The molecule has 2 heterocycles. The van der Waals surface area contributed by atoms with E-state index in [0.717, 1.165) is 5.82 Å². The lowest BCUT2D eigenvalue weighted by molar-refractivity contribution is 0.633. The predicted octanol–water partition coefficient (Wildman–Crippen LogP) is 12.4. The van der Waals surface area contributed by atoms with E-state index in [0.29, 0.717) is 0 Å². The Morgan fingerprint density at radius 2 is 0.836 bits per heavy atom. The van der Waals surface area contributed by atoms with Gasteiger partial charge in [0, 0.05) is 22.4 Å². The maximum absolute atomic E-state index is 4.99. The Labute approximate surface area is 318 Å². The number of hydrogen-bond acceptors (Lipinski definition) is 1. The summed E-state index contributed by atoms with van der Waals surface area (Å²) >= 11 is 0. The number of aromatic nitrogens is 2. The Morgan fingerprint density at radius 3 is 1.42 bits per heavy atom. The molecule has 0 atom stereocenters. The zero-order valence-electron chi connectivity index (χ0n) is 29.9. The summed E-state index contributed by atoms with van der Waals surface area (Å²) in [5.74, 6) is 0.922. The Kier molecular flexibility index (Phi) is 5.53.